The Hall–Kier alpha value is -1.76. The monoisotopic (exact) mass is 369 g/mol. The summed E-state index contributed by atoms with van der Waals surface area (Å²) in [6.07, 6.45) is 5.70. The van der Waals surface area contributed by atoms with E-state index >= 15 is 0 Å². The van der Waals surface area contributed by atoms with Gasteiger partial charge in [-0.05, 0) is 51.0 Å². The van der Waals surface area contributed by atoms with E-state index in [4.69, 9.17) is 0 Å². The van der Waals surface area contributed by atoms with Gasteiger partial charge in [0.1, 0.15) is 0 Å². The van der Waals surface area contributed by atoms with Gasteiger partial charge in [0, 0.05) is 11.7 Å². The van der Waals surface area contributed by atoms with E-state index in [1.807, 2.05) is 6.92 Å². The fourth-order valence-electron chi connectivity index (χ4n) is 2.44. The van der Waals surface area contributed by atoms with Gasteiger partial charge in [0.15, 0.2) is 0 Å². The number of sulfonamides is 1. The van der Waals surface area contributed by atoms with Crippen molar-refractivity contribution in [2.45, 2.75) is 65.8 Å². The number of aryl methyl sites for hydroxylation is 1. The van der Waals surface area contributed by atoms with E-state index in [1.165, 1.54) is 19.3 Å². The molecule has 0 radical (unpaired) electrons. The molecule has 1 aromatic rings. The Kier molecular flexibility index (Phi) is 8.75. The molecule has 0 aliphatic carbocycles. The van der Waals surface area contributed by atoms with Crippen molar-refractivity contribution in [2.24, 2.45) is 0 Å². The number of anilines is 2. The molecule has 0 spiro atoms. The zero-order chi connectivity index (χ0) is 18.9. The molecule has 0 saturated heterocycles. The summed E-state index contributed by atoms with van der Waals surface area (Å²) < 4.78 is 25.8. The number of urea groups is 1. The standard InChI is InChI=1S/C18H31N3O3S/c1-5-7-8-9-10-15(4)19-18(22)20-16-11-12-17(14(3)13-16)21-25(23,24)6-2/h11-13,15,21H,5-10H2,1-4H3,(H2,19,20,22). The molecule has 1 aromatic carbocycles. The molecular weight excluding hydrogens is 338 g/mol. The number of carbonyl (C=O) groups excluding carboxylic acids is 1. The Bertz CT molecular complexity index is 660. The van der Waals surface area contributed by atoms with Crippen molar-refractivity contribution in [3.05, 3.63) is 23.8 Å². The molecule has 0 aliphatic rings. The molecule has 0 bridgehead atoms. The molecular formula is C18H31N3O3S. The summed E-state index contributed by atoms with van der Waals surface area (Å²) in [6.45, 7) is 7.56. The van der Waals surface area contributed by atoms with Crippen molar-refractivity contribution >= 4 is 27.4 Å². The van der Waals surface area contributed by atoms with E-state index in [9.17, 15) is 13.2 Å². The Balaban J connectivity index is 2.53. The van der Waals surface area contributed by atoms with Crippen molar-refractivity contribution in [1.29, 1.82) is 0 Å². The molecule has 3 N–H and O–H groups in total. The first-order valence-electron chi connectivity index (χ1n) is 8.96. The molecule has 2 amide bonds. The van der Waals surface area contributed by atoms with Crippen molar-refractivity contribution in [1.82, 2.24) is 5.32 Å². The van der Waals surface area contributed by atoms with Crippen LogP contribution in [0.5, 0.6) is 0 Å². The quantitative estimate of drug-likeness (QED) is 0.539. The number of unbranched alkanes of at least 4 members (excludes halogenated alkanes) is 3. The zero-order valence-corrected chi connectivity index (χ0v) is 16.5. The molecule has 0 aliphatic heterocycles. The minimum absolute atomic E-state index is 0.0188. The summed E-state index contributed by atoms with van der Waals surface area (Å²) in [7, 11) is -3.31. The smallest absolute Gasteiger partial charge is 0.319 e. The van der Waals surface area contributed by atoms with Gasteiger partial charge < -0.3 is 10.6 Å². The number of nitrogens with one attached hydrogen (secondary N) is 3. The van der Waals surface area contributed by atoms with E-state index in [2.05, 4.69) is 22.3 Å². The summed E-state index contributed by atoms with van der Waals surface area (Å²) in [6, 6.07) is 4.97. The van der Waals surface area contributed by atoms with E-state index < -0.39 is 10.0 Å². The third-order valence-electron chi connectivity index (χ3n) is 4.00. The van der Waals surface area contributed by atoms with Crippen LogP contribution in [0.2, 0.25) is 0 Å². The average molecular weight is 370 g/mol. The highest BCUT2D eigenvalue weighted by atomic mass is 32.2. The van der Waals surface area contributed by atoms with Crippen molar-refractivity contribution < 1.29 is 13.2 Å². The highest BCUT2D eigenvalue weighted by molar-refractivity contribution is 7.92. The van der Waals surface area contributed by atoms with E-state index in [0.717, 1.165) is 18.4 Å². The number of hydrogen-bond acceptors (Lipinski definition) is 3. The van der Waals surface area contributed by atoms with Crippen LogP contribution < -0.4 is 15.4 Å². The molecule has 0 aromatic heterocycles. The second-order valence-electron chi connectivity index (χ2n) is 6.38. The fraction of sp³-hybridized carbons (Fsp3) is 0.611. The summed E-state index contributed by atoms with van der Waals surface area (Å²) in [5, 5.41) is 5.72. The van der Waals surface area contributed by atoms with Gasteiger partial charge in [0.05, 0.1) is 11.4 Å². The number of amides is 2. The van der Waals surface area contributed by atoms with E-state index in [0.29, 0.717) is 11.4 Å². The molecule has 1 atom stereocenters. The Morgan fingerprint density at radius 1 is 1.16 bits per heavy atom. The maximum atomic E-state index is 12.0. The normalized spacial score (nSPS) is 12.5. The highest BCUT2D eigenvalue weighted by Gasteiger charge is 2.11. The lowest BCUT2D eigenvalue weighted by molar-refractivity contribution is 0.248. The maximum absolute atomic E-state index is 12.0. The van der Waals surface area contributed by atoms with Gasteiger partial charge >= 0.3 is 6.03 Å². The highest BCUT2D eigenvalue weighted by Crippen LogP contribution is 2.21. The van der Waals surface area contributed by atoms with Crippen LogP contribution in [0.15, 0.2) is 18.2 Å². The van der Waals surface area contributed by atoms with Crippen LogP contribution in [0.3, 0.4) is 0 Å². The minimum Gasteiger partial charge on any atom is -0.335 e. The first-order chi connectivity index (χ1) is 11.8. The van der Waals surface area contributed by atoms with Gasteiger partial charge in [-0.25, -0.2) is 13.2 Å². The van der Waals surface area contributed by atoms with Gasteiger partial charge in [0.2, 0.25) is 10.0 Å². The Labute approximate surface area is 151 Å². The topological polar surface area (TPSA) is 87.3 Å². The van der Waals surface area contributed by atoms with Crippen LogP contribution in [0.25, 0.3) is 0 Å². The second-order valence-corrected chi connectivity index (χ2v) is 8.40. The predicted octanol–water partition coefficient (Wildman–Crippen LogP) is 4.24. The van der Waals surface area contributed by atoms with Crippen molar-refractivity contribution in [3.8, 4) is 0 Å². The minimum atomic E-state index is -3.31. The lowest BCUT2D eigenvalue weighted by Gasteiger charge is -2.15. The number of benzene rings is 1. The first-order valence-corrected chi connectivity index (χ1v) is 10.6. The van der Waals surface area contributed by atoms with Crippen molar-refractivity contribution in [3.63, 3.8) is 0 Å². The molecule has 1 unspecified atom stereocenters. The van der Waals surface area contributed by atoms with Gasteiger partial charge in [-0.15, -0.1) is 0 Å². The van der Waals surface area contributed by atoms with Gasteiger partial charge in [-0.3, -0.25) is 4.72 Å². The van der Waals surface area contributed by atoms with E-state index in [1.54, 1.807) is 32.0 Å². The maximum Gasteiger partial charge on any atom is 0.319 e. The summed E-state index contributed by atoms with van der Waals surface area (Å²) in [4.78, 5) is 12.0. The second kappa shape index (κ2) is 10.3. The largest absolute Gasteiger partial charge is 0.335 e. The Morgan fingerprint density at radius 3 is 2.48 bits per heavy atom. The Morgan fingerprint density at radius 2 is 1.88 bits per heavy atom. The molecule has 142 valence electrons. The summed E-state index contributed by atoms with van der Waals surface area (Å²) in [5.41, 5.74) is 1.91. The van der Waals surface area contributed by atoms with Crippen LogP contribution in [-0.4, -0.2) is 26.2 Å². The van der Waals surface area contributed by atoms with Crippen LogP contribution in [-0.2, 0) is 10.0 Å². The van der Waals surface area contributed by atoms with Crippen LogP contribution in [0.4, 0.5) is 16.2 Å². The van der Waals surface area contributed by atoms with Crippen LogP contribution in [0, 0.1) is 6.92 Å². The van der Waals surface area contributed by atoms with Crippen LogP contribution >= 0.6 is 0 Å². The number of carbonyl (C=O) groups is 1. The molecule has 0 saturated carbocycles. The fourth-order valence-corrected chi connectivity index (χ4v) is 3.14. The molecule has 25 heavy (non-hydrogen) atoms. The molecule has 1 rings (SSSR count). The van der Waals surface area contributed by atoms with Crippen molar-refractivity contribution in [2.75, 3.05) is 15.8 Å². The summed E-state index contributed by atoms with van der Waals surface area (Å²) >= 11 is 0. The molecule has 6 nitrogen and oxygen atoms in total. The van der Waals surface area contributed by atoms with Gasteiger partial charge in [0.25, 0.3) is 0 Å². The van der Waals surface area contributed by atoms with Crippen LogP contribution in [0.1, 0.15) is 58.4 Å². The third kappa shape index (κ3) is 8.25. The SMILES string of the molecule is CCCCCCC(C)NC(=O)Nc1ccc(NS(=O)(=O)CC)c(C)c1. The molecule has 7 heteroatoms. The van der Waals surface area contributed by atoms with Gasteiger partial charge in [-0.1, -0.05) is 32.6 Å². The number of hydrogen-bond donors (Lipinski definition) is 3. The third-order valence-corrected chi connectivity index (χ3v) is 5.29. The molecule has 0 fully saturated rings. The van der Waals surface area contributed by atoms with E-state index in [-0.39, 0.29) is 17.8 Å². The first kappa shape index (κ1) is 21.3. The lowest BCUT2D eigenvalue weighted by atomic mass is 10.1. The number of rotatable bonds is 10. The zero-order valence-electron chi connectivity index (χ0n) is 15.7. The van der Waals surface area contributed by atoms with Gasteiger partial charge in [-0.2, -0.15) is 0 Å². The summed E-state index contributed by atoms with van der Waals surface area (Å²) in [5.74, 6) is 0.0188. The lowest BCUT2D eigenvalue weighted by Crippen LogP contribution is -2.36. The molecule has 0 heterocycles. The average Bonchev–Trinajstić information content (AvgIpc) is 2.54. The predicted molar refractivity (Wildman–Crippen MR) is 105 cm³/mol.